The highest BCUT2D eigenvalue weighted by Gasteiger charge is 2.43. The van der Waals surface area contributed by atoms with Crippen molar-refractivity contribution in [2.24, 2.45) is 23.2 Å². The van der Waals surface area contributed by atoms with Crippen LogP contribution in [0.25, 0.3) is 0 Å². The number of likely N-dealkylation sites (tertiary alicyclic amines) is 1. The molecule has 0 radical (unpaired) electrons. The van der Waals surface area contributed by atoms with Crippen LogP contribution in [0, 0.1) is 23.2 Å². The van der Waals surface area contributed by atoms with E-state index in [1.54, 1.807) is 0 Å². The molecule has 0 aromatic heterocycles. The molecule has 4 unspecified atom stereocenters. The summed E-state index contributed by atoms with van der Waals surface area (Å²) < 4.78 is 0. The summed E-state index contributed by atoms with van der Waals surface area (Å²) in [6, 6.07) is 0.266. The van der Waals surface area contributed by atoms with Gasteiger partial charge in [0, 0.05) is 12.6 Å². The maximum Gasteiger partial charge on any atom is 0.308 e. The topological polar surface area (TPSA) is 40.5 Å². The van der Waals surface area contributed by atoms with Crippen LogP contribution in [0.1, 0.15) is 66.2 Å². The van der Waals surface area contributed by atoms with E-state index in [1.807, 2.05) is 0 Å². The Kier molecular flexibility index (Phi) is 5.34. The minimum Gasteiger partial charge on any atom is -0.481 e. The van der Waals surface area contributed by atoms with Crippen molar-refractivity contribution in [1.29, 1.82) is 0 Å². The molecule has 0 aromatic carbocycles. The highest BCUT2D eigenvalue weighted by Crippen LogP contribution is 2.43. The van der Waals surface area contributed by atoms with Gasteiger partial charge in [0.15, 0.2) is 0 Å². The summed E-state index contributed by atoms with van der Waals surface area (Å²) in [6.45, 7) is 11.4. The number of carbonyl (C=O) groups is 1. The molecular weight excluding hydrogens is 262 g/mol. The summed E-state index contributed by atoms with van der Waals surface area (Å²) in [5.41, 5.74) is 0.296. The van der Waals surface area contributed by atoms with Crippen LogP contribution in [0.15, 0.2) is 0 Å². The predicted molar refractivity (Wildman–Crippen MR) is 86.3 cm³/mol. The number of aliphatic carboxylic acids is 1. The third-order valence-electron chi connectivity index (χ3n) is 5.84. The van der Waals surface area contributed by atoms with Crippen molar-refractivity contribution in [1.82, 2.24) is 4.90 Å². The van der Waals surface area contributed by atoms with Crippen molar-refractivity contribution in [3.05, 3.63) is 0 Å². The Morgan fingerprint density at radius 1 is 1.24 bits per heavy atom. The van der Waals surface area contributed by atoms with Crippen LogP contribution in [-0.2, 0) is 4.79 Å². The first-order valence-corrected chi connectivity index (χ1v) is 8.79. The van der Waals surface area contributed by atoms with Crippen LogP contribution in [0.3, 0.4) is 0 Å². The maximum atomic E-state index is 11.7. The van der Waals surface area contributed by atoms with Crippen LogP contribution >= 0.6 is 0 Å². The summed E-state index contributed by atoms with van der Waals surface area (Å²) in [4.78, 5) is 14.2. The van der Waals surface area contributed by atoms with Crippen molar-refractivity contribution < 1.29 is 9.90 Å². The van der Waals surface area contributed by atoms with Crippen LogP contribution in [0.4, 0.5) is 0 Å². The van der Waals surface area contributed by atoms with E-state index in [2.05, 4.69) is 32.6 Å². The number of nitrogens with zero attached hydrogens (tertiary/aromatic N) is 1. The fourth-order valence-electron chi connectivity index (χ4n) is 4.43. The lowest BCUT2D eigenvalue weighted by Gasteiger charge is -2.44. The zero-order valence-electron chi connectivity index (χ0n) is 14.3. The molecule has 2 rings (SSSR count). The molecular formula is C18H33NO2. The Hall–Kier alpha value is -0.570. The normalized spacial score (nSPS) is 35.0. The minimum absolute atomic E-state index is 0.149. The lowest BCUT2D eigenvalue weighted by molar-refractivity contribution is -0.146. The number of carboxylic acids is 1. The smallest absolute Gasteiger partial charge is 0.308 e. The van der Waals surface area contributed by atoms with Gasteiger partial charge in [0.1, 0.15) is 0 Å². The van der Waals surface area contributed by atoms with E-state index < -0.39 is 5.97 Å². The second kappa shape index (κ2) is 6.68. The predicted octanol–water partition coefficient (Wildman–Crippen LogP) is 4.02. The number of hydrogen-bond donors (Lipinski definition) is 1. The first-order chi connectivity index (χ1) is 9.82. The molecule has 0 bridgehead atoms. The van der Waals surface area contributed by atoms with Gasteiger partial charge in [0.25, 0.3) is 0 Å². The lowest BCUT2D eigenvalue weighted by atomic mass is 9.67. The summed E-state index contributed by atoms with van der Waals surface area (Å²) >= 11 is 0. The average Bonchev–Trinajstić information content (AvgIpc) is 2.86. The van der Waals surface area contributed by atoms with Gasteiger partial charge in [-0.25, -0.2) is 0 Å². The molecule has 1 N–H and O–H groups in total. The number of carboxylic acid groups (broad SMARTS) is 1. The summed E-state index contributed by atoms with van der Waals surface area (Å²) in [5.74, 6) is 0.720. The Balaban J connectivity index is 2.06. The van der Waals surface area contributed by atoms with Crippen molar-refractivity contribution in [2.75, 3.05) is 13.1 Å². The van der Waals surface area contributed by atoms with Gasteiger partial charge in [0.2, 0.25) is 0 Å². The molecule has 21 heavy (non-hydrogen) atoms. The molecule has 1 saturated heterocycles. The van der Waals surface area contributed by atoms with Crippen molar-refractivity contribution in [3.8, 4) is 0 Å². The largest absolute Gasteiger partial charge is 0.481 e. The molecule has 2 fully saturated rings. The Bertz CT molecular complexity index is 361. The average molecular weight is 295 g/mol. The molecule has 122 valence electrons. The van der Waals surface area contributed by atoms with E-state index in [1.165, 1.54) is 19.3 Å². The number of rotatable bonds is 4. The van der Waals surface area contributed by atoms with Gasteiger partial charge in [-0.15, -0.1) is 0 Å². The molecule has 1 heterocycles. The third kappa shape index (κ3) is 4.00. The summed E-state index contributed by atoms with van der Waals surface area (Å²) in [5, 5.41) is 9.60. The second-order valence-electron chi connectivity index (χ2n) is 8.33. The van der Waals surface area contributed by atoms with E-state index in [9.17, 15) is 9.90 Å². The molecule has 3 heteroatoms. The van der Waals surface area contributed by atoms with Gasteiger partial charge in [0.05, 0.1) is 5.92 Å². The molecule has 3 nitrogen and oxygen atoms in total. The van der Waals surface area contributed by atoms with Gasteiger partial charge in [-0.05, 0) is 55.9 Å². The highest BCUT2D eigenvalue weighted by molar-refractivity contribution is 5.71. The van der Waals surface area contributed by atoms with Crippen molar-refractivity contribution in [3.63, 3.8) is 0 Å². The molecule has 4 atom stereocenters. The van der Waals surface area contributed by atoms with E-state index in [0.29, 0.717) is 11.3 Å². The molecule has 0 amide bonds. The zero-order valence-corrected chi connectivity index (χ0v) is 14.3. The fraction of sp³-hybridized carbons (Fsp3) is 0.944. The Morgan fingerprint density at radius 3 is 2.52 bits per heavy atom. The maximum absolute atomic E-state index is 11.7. The van der Waals surface area contributed by atoms with Crippen LogP contribution < -0.4 is 0 Å². The third-order valence-corrected chi connectivity index (χ3v) is 5.84. The van der Waals surface area contributed by atoms with E-state index in [4.69, 9.17) is 0 Å². The Labute approximate surface area is 130 Å². The SMILES string of the molecule is CCCC1CCN(C2CC(C(C)(C)C)CCC2C(=O)O)C1. The molecule has 2 aliphatic rings. The molecule has 0 aromatic rings. The molecule has 1 aliphatic heterocycles. The molecule has 0 spiro atoms. The van der Waals surface area contributed by atoms with Gasteiger partial charge in [-0.1, -0.05) is 34.1 Å². The molecule has 1 aliphatic carbocycles. The van der Waals surface area contributed by atoms with Gasteiger partial charge in [-0.3, -0.25) is 9.69 Å². The zero-order chi connectivity index (χ0) is 15.6. The quantitative estimate of drug-likeness (QED) is 0.851. The first kappa shape index (κ1) is 16.8. The summed E-state index contributed by atoms with van der Waals surface area (Å²) in [7, 11) is 0. The highest BCUT2D eigenvalue weighted by atomic mass is 16.4. The molecule has 1 saturated carbocycles. The summed E-state index contributed by atoms with van der Waals surface area (Å²) in [6.07, 6.45) is 6.80. The standard InChI is InChI=1S/C18H33NO2/c1-5-6-13-9-10-19(12-13)16-11-14(18(2,3)4)7-8-15(16)17(20)21/h13-16H,5-12H2,1-4H3,(H,20,21). The number of hydrogen-bond acceptors (Lipinski definition) is 2. The van der Waals surface area contributed by atoms with E-state index in [0.717, 1.165) is 38.3 Å². The second-order valence-corrected chi connectivity index (χ2v) is 8.33. The van der Waals surface area contributed by atoms with E-state index in [-0.39, 0.29) is 12.0 Å². The van der Waals surface area contributed by atoms with E-state index >= 15 is 0 Å². The van der Waals surface area contributed by atoms with Crippen molar-refractivity contribution in [2.45, 2.75) is 72.3 Å². The van der Waals surface area contributed by atoms with Gasteiger partial charge in [-0.2, -0.15) is 0 Å². The monoisotopic (exact) mass is 295 g/mol. The van der Waals surface area contributed by atoms with Crippen LogP contribution in [-0.4, -0.2) is 35.1 Å². The van der Waals surface area contributed by atoms with Gasteiger partial charge < -0.3 is 5.11 Å². The fourth-order valence-corrected chi connectivity index (χ4v) is 4.43. The first-order valence-electron chi connectivity index (χ1n) is 8.79. The Morgan fingerprint density at radius 2 is 1.95 bits per heavy atom. The lowest BCUT2D eigenvalue weighted by Crippen LogP contribution is -2.48. The van der Waals surface area contributed by atoms with Crippen LogP contribution in [0.2, 0.25) is 0 Å². The van der Waals surface area contributed by atoms with Crippen LogP contribution in [0.5, 0.6) is 0 Å². The van der Waals surface area contributed by atoms with Crippen molar-refractivity contribution >= 4 is 5.97 Å². The minimum atomic E-state index is -0.577. The van der Waals surface area contributed by atoms with Gasteiger partial charge >= 0.3 is 5.97 Å².